The summed E-state index contributed by atoms with van der Waals surface area (Å²) in [5.41, 5.74) is 0. The number of ether oxygens (including phenoxy) is 3. The summed E-state index contributed by atoms with van der Waals surface area (Å²) in [6.45, 7) is 5.04. The molecular weight excluding hydrogens is 438 g/mol. The van der Waals surface area contributed by atoms with E-state index in [1.165, 1.54) is 10.6 Å². The second-order valence-electron chi connectivity index (χ2n) is 8.47. The summed E-state index contributed by atoms with van der Waals surface area (Å²) in [5, 5.41) is 0. The number of rotatable bonds is 6. The molecule has 4 heterocycles. The van der Waals surface area contributed by atoms with Gasteiger partial charge in [0.2, 0.25) is 15.9 Å². The van der Waals surface area contributed by atoms with Gasteiger partial charge in [-0.1, -0.05) is 0 Å². The fraction of sp³-hybridized carbons (Fsp3) is 0.750. The lowest BCUT2D eigenvalue weighted by atomic mass is 9.98. The minimum atomic E-state index is -3.15. The SMILES string of the molecule is CS(=O)(=O)N1CCN(c2cnc(OCC3CCN(C(=O)OC4CCOC4)CC3)cn2)CC1. The van der Waals surface area contributed by atoms with Crippen molar-refractivity contribution in [1.29, 1.82) is 0 Å². The van der Waals surface area contributed by atoms with Crippen LogP contribution in [-0.2, 0) is 19.5 Å². The van der Waals surface area contributed by atoms with Gasteiger partial charge in [-0.15, -0.1) is 0 Å². The molecule has 0 aliphatic carbocycles. The van der Waals surface area contributed by atoms with Crippen LogP contribution in [0, 0.1) is 5.92 Å². The van der Waals surface area contributed by atoms with Crippen molar-refractivity contribution in [2.75, 3.05) is 70.2 Å². The van der Waals surface area contributed by atoms with Crippen LogP contribution in [0.2, 0.25) is 0 Å². The highest BCUT2D eigenvalue weighted by Crippen LogP contribution is 2.21. The third-order valence-electron chi connectivity index (χ3n) is 6.14. The zero-order valence-electron chi connectivity index (χ0n) is 18.4. The van der Waals surface area contributed by atoms with Crippen LogP contribution in [0.5, 0.6) is 5.88 Å². The minimum Gasteiger partial charge on any atom is -0.476 e. The van der Waals surface area contributed by atoms with Gasteiger partial charge in [-0.05, 0) is 18.8 Å². The fourth-order valence-electron chi connectivity index (χ4n) is 4.10. The summed E-state index contributed by atoms with van der Waals surface area (Å²) in [4.78, 5) is 24.8. The van der Waals surface area contributed by atoms with Gasteiger partial charge < -0.3 is 24.0 Å². The number of sulfonamides is 1. The van der Waals surface area contributed by atoms with E-state index >= 15 is 0 Å². The van der Waals surface area contributed by atoms with Crippen LogP contribution in [0.4, 0.5) is 10.6 Å². The molecule has 178 valence electrons. The van der Waals surface area contributed by atoms with Gasteiger partial charge in [0.25, 0.3) is 0 Å². The number of hydrogen-bond acceptors (Lipinski definition) is 9. The van der Waals surface area contributed by atoms with Crippen LogP contribution >= 0.6 is 0 Å². The summed E-state index contributed by atoms with van der Waals surface area (Å²) in [6, 6.07) is 0. The van der Waals surface area contributed by atoms with Crippen molar-refractivity contribution in [2.24, 2.45) is 5.92 Å². The van der Waals surface area contributed by atoms with Gasteiger partial charge >= 0.3 is 6.09 Å². The fourth-order valence-corrected chi connectivity index (χ4v) is 4.93. The van der Waals surface area contributed by atoms with Crippen LogP contribution in [0.1, 0.15) is 19.3 Å². The Hall–Kier alpha value is -2.18. The van der Waals surface area contributed by atoms with E-state index in [9.17, 15) is 13.2 Å². The van der Waals surface area contributed by atoms with Gasteiger partial charge in [-0.25, -0.2) is 23.2 Å². The summed E-state index contributed by atoms with van der Waals surface area (Å²) in [7, 11) is -3.15. The molecule has 1 aromatic heterocycles. The van der Waals surface area contributed by atoms with Crippen LogP contribution in [0.3, 0.4) is 0 Å². The average Bonchev–Trinajstić information content (AvgIpc) is 3.31. The number of hydrogen-bond donors (Lipinski definition) is 0. The van der Waals surface area contributed by atoms with Crippen molar-refractivity contribution < 1.29 is 27.4 Å². The zero-order chi connectivity index (χ0) is 22.6. The first-order valence-electron chi connectivity index (χ1n) is 11.1. The van der Waals surface area contributed by atoms with E-state index in [0.717, 1.165) is 19.3 Å². The third kappa shape index (κ3) is 5.99. The summed E-state index contributed by atoms with van der Waals surface area (Å²) < 4.78 is 41.3. The molecule has 0 spiro atoms. The first-order chi connectivity index (χ1) is 15.4. The van der Waals surface area contributed by atoms with Crippen LogP contribution in [-0.4, -0.2) is 105 Å². The summed E-state index contributed by atoms with van der Waals surface area (Å²) in [6.07, 6.45) is 6.61. The quantitative estimate of drug-likeness (QED) is 0.590. The number of nitrogens with zero attached hydrogens (tertiary/aromatic N) is 5. The standard InChI is InChI=1S/C20H31N5O6S/c1-32(27,28)25-9-7-23(8-10-25)18-12-22-19(13-21-18)30-14-16-2-5-24(6-3-16)20(26)31-17-4-11-29-15-17/h12-13,16-17H,2-11,14-15H2,1H3. The molecule has 0 bridgehead atoms. The molecule has 11 nitrogen and oxygen atoms in total. The molecule has 0 aromatic carbocycles. The van der Waals surface area contributed by atoms with Crippen molar-refractivity contribution >= 4 is 21.9 Å². The van der Waals surface area contributed by atoms with E-state index in [2.05, 4.69) is 9.97 Å². The predicted molar refractivity (Wildman–Crippen MR) is 116 cm³/mol. The smallest absolute Gasteiger partial charge is 0.410 e. The second kappa shape index (κ2) is 10.2. The average molecular weight is 470 g/mol. The third-order valence-corrected chi connectivity index (χ3v) is 7.44. The molecule has 0 saturated carbocycles. The molecule has 3 aliphatic heterocycles. The topological polar surface area (TPSA) is 114 Å². The molecule has 3 aliphatic rings. The number of piperazine rings is 1. The Morgan fingerprint density at radius 1 is 1.09 bits per heavy atom. The second-order valence-corrected chi connectivity index (χ2v) is 10.5. The summed E-state index contributed by atoms with van der Waals surface area (Å²) in [5.74, 6) is 1.52. The van der Waals surface area contributed by atoms with E-state index in [-0.39, 0.29) is 12.2 Å². The first-order valence-corrected chi connectivity index (χ1v) is 12.9. The molecular formula is C20H31N5O6S. The van der Waals surface area contributed by atoms with Crippen LogP contribution in [0.25, 0.3) is 0 Å². The van der Waals surface area contributed by atoms with Gasteiger partial charge in [0.15, 0.2) is 0 Å². The Labute approximate surface area is 188 Å². The number of carbonyl (C=O) groups is 1. The highest BCUT2D eigenvalue weighted by atomic mass is 32.2. The Kier molecular flexibility index (Phi) is 7.31. The van der Waals surface area contributed by atoms with Crippen molar-refractivity contribution in [3.05, 3.63) is 12.4 Å². The maximum Gasteiger partial charge on any atom is 0.410 e. The molecule has 4 rings (SSSR count). The van der Waals surface area contributed by atoms with Gasteiger partial charge in [0.05, 0.1) is 38.5 Å². The molecule has 0 N–H and O–H groups in total. The number of aromatic nitrogens is 2. The Morgan fingerprint density at radius 3 is 2.44 bits per heavy atom. The number of anilines is 1. The lowest BCUT2D eigenvalue weighted by molar-refractivity contribution is 0.0432. The van der Waals surface area contributed by atoms with Gasteiger partial charge in [0.1, 0.15) is 11.9 Å². The molecule has 3 saturated heterocycles. The molecule has 1 aromatic rings. The summed E-state index contributed by atoms with van der Waals surface area (Å²) >= 11 is 0. The molecule has 3 fully saturated rings. The highest BCUT2D eigenvalue weighted by molar-refractivity contribution is 7.88. The van der Waals surface area contributed by atoms with E-state index in [1.807, 2.05) is 4.90 Å². The Bertz CT molecular complexity index is 861. The molecule has 1 unspecified atom stereocenters. The Morgan fingerprint density at radius 2 is 1.84 bits per heavy atom. The van der Waals surface area contributed by atoms with E-state index in [4.69, 9.17) is 14.2 Å². The van der Waals surface area contributed by atoms with Crippen molar-refractivity contribution in [1.82, 2.24) is 19.2 Å². The maximum atomic E-state index is 12.2. The lowest BCUT2D eigenvalue weighted by Crippen LogP contribution is -2.48. The Balaban J connectivity index is 1.17. The van der Waals surface area contributed by atoms with Gasteiger partial charge in [0, 0.05) is 45.7 Å². The van der Waals surface area contributed by atoms with Crippen LogP contribution < -0.4 is 9.64 Å². The number of piperidine rings is 1. The zero-order valence-corrected chi connectivity index (χ0v) is 19.2. The normalized spacial score (nSPS) is 23.3. The molecule has 1 atom stereocenters. The van der Waals surface area contributed by atoms with Gasteiger partial charge in [-0.2, -0.15) is 4.31 Å². The molecule has 0 radical (unpaired) electrons. The van der Waals surface area contributed by atoms with E-state index in [1.54, 1.807) is 17.3 Å². The highest BCUT2D eigenvalue weighted by Gasteiger charge is 2.28. The molecule has 32 heavy (non-hydrogen) atoms. The largest absolute Gasteiger partial charge is 0.476 e. The van der Waals surface area contributed by atoms with Crippen LogP contribution in [0.15, 0.2) is 12.4 Å². The predicted octanol–water partition coefficient (Wildman–Crippen LogP) is 0.575. The van der Waals surface area contributed by atoms with E-state index < -0.39 is 10.0 Å². The minimum absolute atomic E-state index is 0.117. The maximum absolute atomic E-state index is 12.2. The van der Waals surface area contributed by atoms with Crippen molar-refractivity contribution in [3.8, 4) is 5.88 Å². The lowest BCUT2D eigenvalue weighted by Gasteiger charge is -2.33. The monoisotopic (exact) mass is 469 g/mol. The number of amides is 1. The van der Waals surface area contributed by atoms with Crippen molar-refractivity contribution in [3.63, 3.8) is 0 Å². The van der Waals surface area contributed by atoms with Crippen molar-refractivity contribution in [2.45, 2.75) is 25.4 Å². The van der Waals surface area contributed by atoms with Gasteiger partial charge in [-0.3, -0.25) is 0 Å². The first kappa shape index (κ1) is 23.0. The number of carbonyl (C=O) groups excluding carboxylic acids is 1. The number of likely N-dealkylation sites (tertiary alicyclic amines) is 1. The van der Waals surface area contributed by atoms with E-state index in [0.29, 0.717) is 76.7 Å². The molecule has 1 amide bonds. The molecule has 12 heteroatoms.